The number of rotatable bonds is 1. The van der Waals surface area contributed by atoms with Gasteiger partial charge in [-0.2, -0.15) is 13.5 Å². The minimum Gasteiger partial charge on any atom is -0.282 e. The van der Waals surface area contributed by atoms with E-state index >= 15 is 0 Å². The third kappa shape index (κ3) is 1.62. The molecule has 0 fully saturated rings. The SMILES string of the molecule is Cc1cc(S(=O)(=O)O)c2n[nH]c(C)c2c1. The first-order valence-corrected chi connectivity index (χ1v) is 5.76. The number of aromatic amines is 1. The summed E-state index contributed by atoms with van der Waals surface area (Å²) in [5.41, 5.74) is 1.82. The minimum absolute atomic E-state index is 0.151. The summed E-state index contributed by atoms with van der Waals surface area (Å²) in [7, 11) is -4.22. The van der Waals surface area contributed by atoms with E-state index in [-0.39, 0.29) is 10.4 Å². The van der Waals surface area contributed by atoms with Gasteiger partial charge >= 0.3 is 0 Å². The van der Waals surface area contributed by atoms with Crippen LogP contribution in [-0.4, -0.2) is 23.2 Å². The van der Waals surface area contributed by atoms with E-state index in [1.54, 1.807) is 13.8 Å². The van der Waals surface area contributed by atoms with Crippen LogP contribution in [0.1, 0.15) is 11.3 Å². The molecule has 0 spiro atoms. The topological polar surface area (TPSA) is 83.1 Å². The van der Waals surface area contributed by atoms with Gasteiger partial charge in [-0.3, -0.25) is 9.65 Å². The number of nitrogens with zero attached hydrogens (tertiary/aromatic N) is 1. The fourth-order valence-electron chi connectivity index (χ4n) is 1.54. The summed E-state index contributed by atoms with van der Waals surface area (Å²) in [6, 6.07) is 3.22. The summed E-state index contributed by atoms with van der Waals surface area (Å²) in [4.78, 5) is -0.151. The van der Waals surface area contributed by atoms with Crippen molar-refractivity contribution < 1.29 is 13.0 Å². The number of aryl methyl sites for hydroxylation is 2. The van der Waals surface area contributed by atoms with Gasteiger partial charge < -0.3 is 0 Å². The lowest BCUT2D eigenvalue weighted by atomic mass is 10.1. The molecule has 80 valence electrons. The van der Waals surface area contributed by atoms with Gasteiger partial charge in [0.05, 0.1) is 0 Å². The molecule has 0 atom stereocenters. The van der Waals surface area contributed by atoms with E-state index in [2.05, 4.69) is 10.2 Å². The van der Waals surface area contributed by atoms with E-state index < -0.39 is 10.1 Å². The van der Waals surface area contributed by atoms with Crippen LogP contribution in [0.4, 0.5) is 0 Å². The number of nitrogens with one attached hydrogen (secondary N) is 1. The van der Waals surface area contributed by atoms with Gasteiger partial charge in [-0.05, 0) is 31.5 Å². The van der Waals surface area contributed by atoms with Crippen LogP contribution in [0.2, 0.25) is 0 Å². The Kier molecular flexibility index (Phi) is 2.06. The summed E-state index contributed by atoms with van der Waals surface area (Å²) in [6.45, 7) is 3.56. The maximum Gasteiger partial charge on any atom is 0.296 e. The quantitative estimate of drug-likeness (QED) is 0.720. The second-order valence-electron chi connectivity index (χ2n) is 3.48. The lowest BCUT2D eigenvalue weighted by molar-refractivity contribution is 0.484. The van der Waals surface area contributed by atoms with Crippen molar-refractivity contribution in [1.82, 2.24) is 10.2 Å². The van der Waals surface area contributed by atoms with Gasteiger partial charge in [-0.25, -0.2) is 0 Å². The molecule has 0 saturated carbocycles. The van der Waals surface area contributed by atoms with E-state index in [1.165, 1.54) is 6.07 Å². The highest BCUT2D eigenvalue weighted by Crippen LogP contribution is 2.24. The molecule has 0 aliphatic heterocycles. The highest BCUT2D eigenvalue weighted by atomic mass is 32.2. The van der Waals surface area contributed by atoms with Crippen LogP contribution in [0.15, 0.2) is 17.0 Å². The van der Waals surface area contributed by atoms with Crippen LogP contribution in [-0.2, 0) is 10.1 Å². The second kappa shape index (κ2) is 3.04. The van der Waals surface area contributed by atoms with E-state index in [1.807, 2.05) is 6.07 Å². The van der Waals surface area contributed by atoms with Crippen LogP contribution < -0.4 is 0 Å². The van der Waals surface area contributed by atoms with Crippen molar-refractivity contribution in [2.45, 2.75) is 18.7 Å². The molecule has 0 bridgehead atoms. The van der Waals surface area contributed by atoms with Crippen molar-refractivity contribution in [2.75, 3.05) is 0 Å². The monoisotopic (exact) mass is 226 g/mol. The molecule has 2 rings (SSSR count). The van der Waals surface area contributed by atoms with E-state index in [9.17, 15) is 8.42 Å². The number of aromatic nitrogens is 2. The largest absolute Gasteiger partial charge is 0.296 e. The normalized spacial score (nSPS) is 12.2. The molecule has 1 aromatic carbocycles. The summed E-state index contributed by atoms with van der Waals surface area (Å²) in [5.74, 6) is 0. The van der Waals surface area contributed by atoms with Gasteiger partial charge in [-0.15, -0.1) is 0 Å². The number of fused-ring (bicyclic) bond motifs is 1. The first kappa shape index (κ1) is 10.1. The van der Waals surface area contributed by atoms with Crippen LogP contribution in [0.25, 0.3) is 10.9 Å². The Bertz CT molecular complexity index is 628. The molecule has 0 aliphatic rings. The molecule has 15 heavy (non-hydrogen) atoms. The van der Waals surface area contributed by atoms with Gasteiger partial charge in [0.25, 0.3) is 10.1 Å². The average molecular weight is 226 g/mol. The fourth-order valence-corrected chi connectivity index (χ4v) is 2.28. The highest BCUT2D eigenvalue weighted by molar-refractivity contribution is 7.86. The first-order valence-electron chi connectivity index (χ1n) is 4.32. The van der Waals surface area contributed by atoms with Crippen LogP contribution in [0, 0.1) is 13.8 Å². The summed E-state index contributed by atoms with van der Waals surface area (Å²) >= 11 is 0. The number of hydrogen-bond donors (Lipinski definition) is 2. The van der Waals surface area contributed by atoms with Gasteiger partial charge in [0.1, 0.15) is 10.4 Å². The minimum atomic E-state index is -4.22. The zero-order chi connectivity index (χ0) is 11.2. The maximum absolute atomic E-state index is 11.1. The van der Waals surface area contributed by atoms with Crippen molar-refractivity contribution in [3.63, 3.8) is 0 Å². The Morgan fingerprint density at radius 1 is 1.33 bits per heavy atom. The Labute approximate surface area is 86.9 Å². The van der Waals surface area contributed by atoms with Crippen molar-refractivity contribution in [3.05, 3.63) is 23.4 Å². The summed E-state index contributed by atoms with van der Waals surface area (Å²) < 4.78 is 31.3. The molecular weight excluding hydrogens is 216 g/mol. The molecule has 1 aromatic heterocycles. The van der Waals surface area contributed by atoms with Crippen LogP contribution >= 0.6 is 0 Å². The molecule has 0 saturated heterocycles. The van der Waals surface area contributed by atoms with E-state index in [4.69, 9.17) is 4.55 Å². The molecule has 2 N–H and O–H groups in total. The number of H-pyrrole nitrogens is 1. The highest BCUT2D eigenvalue weighted by Gasteiger charge is 2.17. The molecule has 0 aliphatic carbocycles. The molecule has 5 nitrogen and oxygen atoms in total. The Hall–Kier alpha value is -1.40. The Balaban J connectivity index is 2.97. The number of benzene rings is 1. The predicted octanol–water partition coefficient (Wildman–Crippen LogP) is 1.43. The molecule has 2 aromatic rings. The lowest BCUT2D eigenvalue weighted by Gasteiger charge is -2.00. The zero-order valence-corrected chi connectivity index (χ0v) is 9.09. The predicted molar refractivity (Wildman–Crippen MR) is 55.4 cm³/mol. The van der Waals surface area contributed by atoms with Crippen molar-refractivity contribution in [2.24, 2.45) is 0 Å². The van der Waals surface area contributed by atoms with Crippen LogP contribution in [0.5, 0.6) is 0 Å². The van der Waals surface area contributed by atoms with E-state index in [0.29, 0.717) is 5.39 Å². The molecule has 6 heteroatoms. The fraction of sp³-hybridized carbons (Fsp3) is 0.222. The zero-order valence-electron chi connectivity index (χ0n) is 8.27. The molecular formula is C9H10N2O3S. The third-order valence-electron chi connectivity index (χ3n) is 2.24. The van der Waals surface area contributed by atoms with Gasteiger partial charge in [0.2, 0.25) is 0 Å². The standard InChI is InChI=1S/C9H10N2O3S/c1-5-3-7-6(2)10-11-9(7)8(4-5)15(12,13)14/h3-4H,1-2H3,(H,10,11)(H,12,13,14). The van der Waals surface area contributed by atoms with Crippen molar-refractivity contribution in [1.29, 1.82) is 0 Å². The molecule has 1 heterocycles. The number of hydrogen-bond acceptors (Lipinski definition) is 3. The van der Waals surface area contributed by atoms with Crippen molar-refractivity contribution in [3.8, 4) is 0 Å². The van der Waals surface area contributed by atoms with Gasteiger partial charge in [0, 0.05) is 11.1 Å². The summed E-state index contributed by atoms with van der Waals surface area (Å²) in [6.07, 6.45) is 0. The van der Waals surface area contributed by atoms with E-state index in [0.717, 1.165) is 11.3 Å². The molecule has 0 radical (unpaired) electrons. The third-order valence-corrected chi connectivity index (χ3v) is 3.10. The first-order chi connectivity index (χ1) is 6.89. The Morgan fingerprint density at radius 3 is 2.60 bits per heavy atom. The lowest BCUT2D eigenvalue weighted by Crippen LogP contribution is -1.99. The van der Waals surface area contributed by atoms with Crippen molar-refractivity contribution >= 4 is 21.0 Å². The second-order valence-corrected chi connectivity index (χ2v) is 4.87. The smallest absolute Gasteiger partial charge is 0.282 e. The van der Waals surface area contributed by atoms with Gasteiger partial charge in [-0.1, -0.05) is 0 Å². The van der Waals surface area contributed by atoms with Crippen LogP contribution in [0.3, 0.4) is 0 Å². The molecule has 0 unspecified atom stereocenters. The average Bonchev–Trinajstić information content (AvgIpc) is 2.45. The summed E-state index contributed by atoms with van der Waals surface area (Å²) in [5, 5.41) is 7.26. The molecule has 0 amide bonds. The maximum atomic E-state index is 11.1. The Morgan fingerprint density at radius 2 is 2.00 bits per heavy atom. The van der Waals surface area contributed by atoms with Gasteiger partial charge in [0.15, 0.2) is 0 Å².